The summed E-state index contributed by atoms with van der Waals surface area (Å²) in [5.41, 5.74) is -0.0274. The summed E-state index contributed by atoms with van der Waals surface area (Å²) in [7, 11) is 0. The molecule has 2 N–H and O–H groups in total. The molecule has 9 nitrogen and oxygen atoms in total. The molecule has 1 aromatic carbocycles. The number of nitriles is 1. The molecule has 1 amide bonds. The number of hydrogen-bond acceptors (Lipinski definition) is 7. The number of aryl methyl sites for hydroxylation is 1. The van der Waals surface area contributed by atoms with Gasteiger partial charge >= 0.3 is 0 Å². The van der Waals surface area contributed by atoms with E-state index < -0.39 is 11.5 Å². The number of benzene rings is 1. The molecule has 1 aliphatic heterocycles. The average Bonchev–Trinajstić information content (AvgIpc) is 3.62. The second-order valence-corrected chi connectivity index (χ2v) is 9.89. The van der Waals surface area contributed by atoms with Crippen LogP contribution >= 0.6 is 11.6 Å². The molecular weight excluding hydrogens is 466 g/mol. The van der Waals surface area contributed by atoms with Crippen LogP contribution in [0.4, 0.5) is 11.9 Å². The third-order valence-corrected chi connectivity index (χ3v) is 7.30. The Kier molecular flexibility index (Phi) is 5.72. The highest BCUT2D eigenvalue weighted by Crippen LogP contribution is 2.53. The maximum atomic E-state index is 13.5. The Bertz CT molecular complexity index is 1430. The van der Waals surface area contributed by atoms with E-state index in [0.717, 1.165) is 18.2 Å². The van der Waals surface area contributed by atoms with Crippen molar-refractivity contribution in [2.45, 2.75) is 58.5 Å². The molecule has 1 saturated carbocycles. The fourth-order valence-electron chi connectivity index (χ4n) is 5.04. The summed E-state index contributed by atoms with van der Waals surface area (Å²) in [5.74, 6) is 0.817. The number of halogens is 1. The van der Waals surface area contributed by atoms with Gasteiger partial charge in [-0.25, -0.2) is 0 Å². The van der Waals surface area contributed by atoms with Gasteiger partial charge in [0.25, 0.3) is 5.56 Å². The fraction of sp³-hybridized carbons (Fsp3) is 0.440. The van der Waals surface area contributed by atoms with Crippen LogP contribution in [0.1, 0.15) is 57.0 Å². The van der Waals surface area contributed by atoms with Gasteiger partial charge in [-0.3, -0.25) is 14.5 Å². The number of pyridine rings is 1. The first kappa shape index (κ1) is 23.2. The first-order chi connectivity index (χ1) is 16.8. The van der Waals surface area contributed by atoms with Crippen molar-refractivity contribution >= 4 is 40.3 Å². The Hall–Kier alpha value is -3.51. The number of fused-ring (bicyclic) bond motifs is 1. The van der Waals surface area contributed by atoms with E-state index in [2.05, 4.69) is 31.3 Å². The molecule has 10 heteroatoms. The van der Waals surface area contributed by atoms with Gasteiger partial charge in [0.05, 0.1) is 12.1 Å². The lowest BCUT2D eigenvalue weighted by Gasteiger charge is -2.23. The van der Waals surface area contributed by atoms with Gasteiger partial charge in [0.1, 0.15) is 11.2 Å². The van der Waals surface area contributed by atoms with E-state index in [4.69, 9.17) is 11.6 Å². The molecule has 35 heavy (non-hydrogen) atoms. The van der Waals surface area contributed by atoms with E-state index in [0.29, 0.717) is 34.8 Å². The highest BCUT2D eigenvalue weighted by molar-refractivity contribution is 6.31. The lowest BCUT2D eigenvalue weighted by molar-refractivity contribution is -0.124. The lowest BCUT2D eigenvalue weighted by atomic mass is 9.81. The molecule has 0 radical (unpaired) electrons. The lowest BCUT2D eigenvalue weighted by Crippen LogP contribution is -2.39. The van der Waals surface area contributed by atoms with E-state index in [1.54, 1.807) is 36.1 Å². The second-order valence-electron chi connectivity index (χ2n) is 9.46. The van der Waals surface area contributed by atoms with E-state index in [1.807, 2.05) is 13.8 Å². The minimum atomic E-state index is -0.998. The Morgan fingerprint density at radius 2 is 2.06 bits per heavy atom. The number of anilines is 2. The smallest absolute Gasteiger partial charge is 0.253 e. The van der Waals surface area contributed by atoms with Gasteiger partial charge in [-0.2, -0.15) is 20.2 Å². The number of aromatic amines is 1. The van der Waals surface area contributed by atoms with Crippen LogP contribution in [0.2, 0.25) is 5.02 Å². The Morgan fingerprint density at radius 1 is 1.29 bits per heavy atom. The highest BCUT2D eigenvalue weighted by Gasteiger charge is 2.60. The molecule has 2 aliphatic rings. The van der Waals surface area contributed by atoms with Crippen molar-refractivity contribution in [3.8, 4) is 6.07 Å². The number of nitrogens with zero attached hydrogens (tertiary/aromatic N) is 5. The van der Waals surface area contributed by atoms with Crippen molar-refractivity contribution < 1.29 is 4.79 Å². The van der Waals surface area contributed by atoms with Crippen LogP contribution in [0.15, 0.2) is 29.1 Å². The Balaban J connectivity index is 1.47. The number of hydrogen-bond donors (Lipinski definition) is 2. The van der Waals surface area contributed by atoms with Crippen LogP contribution in [-0.4, -0.2) is 31.9 Å². The molecular formula is C25H26ClN7O2. The van der Waals surface area contributed by atoms with Crippen LogP contribution in [0.5, 0.6) is 0 Å². The van der Waals surface area contributed by atoms with Crippen LogP contribution in [0.25, 0.3) is 10.9 Å². The summed E-state index contributed by atoms with van der Waals surface area (Å²) < 4.78 is 0. The summed E-state index contributed by atoms with van der Waals surface area (Å²) in [6.07, 6.45) is 2.98. The summed E-state index contributed by atoms with van der Waals surface area (Å²) in [4.78, 5) is 44.1. The molecule has 3 heterocycles. The van der Waals surface area contributed by atoms with Crippen molar-refractivity contribution in [1.82, 2.24) is 19.9 Å². The minimum absolute atomic E-state index is 0.104. The number of nitrogens with one attached hydrogen (secondary N) is 2. The molecule has 0 bridgehead atoms. The molecule has 3 aromatic rings. The monoisotopic (exact) mass is 491 g/mol. The van der Waals surface area contributed by atoms with Crippen molar-refractivity contribution in [2.24, 2.45) is 11.3 Å². The van der Waals surface area contributed by atoms with E-state index in [-0.39, 0.29) is 35.3 Å². The SMILES string of the molecule is CC[C@H]1C[C@@](C#N)(C2CC2)C(=O)N1c1nc(C)nc(N[C@@H](C)c2cc3cc(Cl)ccc3[nH]c2=O)n1. The van der Waals surface area contributed by atoms with Gasteiger partial charge in [0, 0.05) is 27.5 Å². The molecule has 3 atom stereocenters. The average molecular weight is 492 g/mol. The maximum absolute atomic E-state index is 13.5. The van der Waals surface area contributed by atoms with Gasteiger partial charge in [-0.15, -0.1) is 0 Å². The highest BCUT2D eigenvalue weighted by atomic mass is 35.5. The standard InChI is InChI=1S/C25H26ClN7O2/c1-4-18-11-25(12-27,16-5-6-16)22(35)33(18)24-30-14(3)29-23(32-24)28-13(2)19-10-15-9-17(26)7-8-20(15)31-21(19)34/h7-10,13,16,18H,4-6,11H2,1-3H3,(H,31,34)(H,28,29,30,32)/t13-,18-,25+/m0/s1. The fourth-order valence-corrected chi connectivity index (χ4v) is 5.22. The molecule has 0 spiro atoms. The molecule has 180 valence electrons. The normalized spacial score (nSPS) is 22.9. The zero-order valence-corrected chi connectivity index (χ0v) is 20.6. The zero-order valence-electron chi connectivity index (χ0n) is 19.8. The van der Waals surface area contributed by atoms with Crippen molar-refractivity contribution in [3.63, 3.8) is 0 Å². The van der Waals surface area contributed by atoms with Crippen molar-refractivity contribution in [3.05, 3.63) is 51.0 Å². The van der Waals surface area contributed by atoms with Gasteiger partial charge < -0.3 is 10.3 Å². The van der Waals surface area contributed by atoms with Crippen molar-refractivity contribution in [1.29, 1.82) is 5.26 Å². The summed E-state index contributed by atoms with van der Waals surface area (Å²) in [6.45, 7) is 5.56. The number of aromatic nitrogens is 4. The molecule has 1 saturated heterocycles. The summed E-state index contributed by atoms with van der Waals surface area (Å²) in [6, 6.07) is 8.83. The van der Waals surface area contributed by atoms with Gasteiger partial charge in [-0.05, 0) is 69.7 Å². The number of rotatable bonds is 6. The quantitative estimate of drug-likeness (QED) is 0.526. The Labute approximate surface area is 207 Å². The van der Waals surface area contributed by atoms with Gasteiger partial charge in [0.2, 0.25) is 17.8 Å². The molecule has 1 aliphatic carbocycles. The van der Waals surface area contributed by atoms with Crippen LogP contribution in [0, 0.1) is 29.6 Å². The van der Waals surface area contributed by atoms with E-state index >= 15 is 0 Å². The summed E-state index contributed by atoms with van der Waals surface area (Å²) in [5, 5.41) is 14.5. The van der Waals surface area contributed by atoms with Crippen LogP contribution in [-0.2, 0) is 4.79 Å². The summed E-state index contributed by atoms with van der Waals surface area (Å²) >= 11 is 6.12. The number of carbonyl (C=O) groups excluding carboxylic acids is 1. The molecule has 2 aromatic heterocycles. The van der Waals surface area contributed by atoms with Gasteiger partial charge in [0.15, 0.2) is 0 Å². The first-order valence-corrected chi connectivity index (χ1v) is 12.2. The third-order valence-electron chi connectivity index (χ3n) is 7.07. The van der Waals surface area contributed by atoms with Gasteiger partial charge in [-0.1, -0.05) is 18.5 Å². The Morgan fingerprint density at radius 3 is 2.74 bits per heavy atom. The number of H-pyrrole nitrogens is 1. The predicted molar refractivity (Wildman–Crippen MR) is 133 cm³/mol. The largest absolute Gasteiger partial charge is 0.347 e. The topological polar surface area (TPSA) is 128 Å². The van der Waals surface area contributed by atoms with Crippen LogP contribution < -0.4 is 15.8 Å². The number of amides is 1. The second kappa shape index (κ2) is 8.61. The maximum Gasteiger partial charge on any atom is 0.253 e. The van der Waals surface area contributed by atoms with E-state index in [9.17, 15) is 14.9 Å². The number of carbonyl (C=O) groups is 1. The minimum Gasteiger partial charge on any atom is -0.347 e. The molecule has 0 unspecified atom stereocenters. The van der Waals surface area contributed by atoms with E-state index in [1.165, 1.54) is 0 Å². The predicted octanol–water partition coefficient (Wildman–Crippen LogP) is 4.28. The van der Waals surface area contributed by atoms with Crippen molar-refractivity contribution in [2.75, 3.05) is 10.2 Å². The first-order valence-electron chi connectivity index (χ1n) is 11.8. The molecule has 2 fully saturated rings. The zero-order chi connectivity index (χ0) is 24.9. The van der Waals surface area contributed by atoms with Crippen LogP contribution in [0.3, 0.4) is 0 Å². The third kappa shape index (κ3) is 4.02. The molecule has 5 rings (SSSR count).